The maximum absolute atomic E-state index is 12.3. The Hall–Kier alpha value is -2.41. The Bertz CT molecular complexity index is 838. The summed E-state index contributed by atoms with van der Waals surface area (Å²) in [7, 11) is 0. The lowest BCUT2D eigenvalue weighted by atomic mass is 10.1. The van der Waals surface area contributed by atoms with Gasteiger partial charge in [0.1, 0.15) is 0 Å². The largest absolute Gasteiger partial charge is 0.444 e. The number of benzene rings is 1. The predicted octanol–water partition coefficient (Wildman–Crippen LogP) is 3.96. The first kappa shape index (κ1) is 14.5. The standard InChI is InChI=1S/C15H12BrN3O3/c1-8-3-4-9(2)10(7-8)13(20)17-15-19-18-14(22-15)11-5-6-12(16)21-11/h3-7H,1-2H3,(H,17,19,20). The maximum atomic E-state index is 12.3. The number of halogens is 1. The number of hydrogen-bond acceptors (Lipinski definition) is 5. The number of hydrogen-bond donors (Lipinski definition) is 1. The minimum absolute atomic E-state index is 0.0217. The summed E-state index contributed by atoms with van der Waals surface area (Å²) in [6.45, 7) is 3.80. The summed E-state index contributed by atoms with van der Waals surface area (Å²) in [6, 6.07) is 9.08. The average molecular weight is 362 g/mol. The van der Waals surface area contributed by atoms with E-state index < -0.39 is 0 Å². The molecule has 112 valence electrons. The van der Waals surface area contributed by atoms with E-state index in [1.807, 2.05) is 32.0 Å². The first-order chi connectivity index (χ1) is 10.5. The molecule has 3 aromatic rings. The molecule has 1 N–H and O–H groups in total. The zero-order valence-corrected chi connectivity index (χ0v) is 13.5. The lowest BCUT2D eigenvalue weighted by molar-refractivity contribution is 0.102. The third kappa shape index (κ3) is 2.94. The monoisotopic (exact) mass is 361 g/mol. The highest BCUT2D eigenvalue weighted by Crippen LogP contribution is 2.25. The summed E-state index contributed by atoms with van der Waals surface area (Å²) in [5.41, 5.74) is 2.45. The minimum atomic E-state index is -0.294. The van der Waals surface area contributed by atoms with E-state index in [0.29, 0.717) is 16.0 Å². The van der Waals surface area contributed by atoms with Crippen molar-refractivity contribution >= 4 is 27.9 Å². The molecule has 0 unspecified atom stereocenters. The lowest BCUT2D eigenvalue weighted by Crippen LogP contribution is -2.13. The highest BCUT2D eigenvalue weighted by Gasteiger charge is 2.16. The van der Waals surface area contributed by atoms with Gasteiger partial charge in [0.25, 0.3) is 11.8 Å². The molecule has 1 amide bonds. The zero-order chi connectivity index (χ0) is 15.7. The van der Waals surface area contributed by atoms with Crippen LogP contribution in [0.25, 0.3) is 11.7 Å². The number of furan rings is 1. The number of nitrogens with one attached hydrogen (secondary N) is 1. The number of carbonyl (C=O) groups excluding carboxylic acids is 1. The second-order valence-electron chi connectivity index (χ2n) is 4.79. The number of rotatable bonds is 3. The van der Waals surface area contributed by atoms with Gasteiger partial charge in [-0.25, -0.2) is 0 Å². The molecule has 0 saturated heterocycles. The van der Waals surface area contributed by atoms with E-state index in [0.717, 1.165) is 11.1 Å². The molecule has 7 heteroatoms. The number of carbonyl (C=O) groups is 1. The summed E-state index contributed by atoms with van der Waals surface area (Å²) in [4.78, 5) is 12.3. The second kappa shape index (κ2) is 5.76. The van der Waals surface area contributed by atoms with Crippen molar-refractivity contribution in [1.82, 2.24) is 10.2 Å². The Kier molecular flexibility index (Phi) is 3.81. The predicted molar refractivity (Wildman–Crippen MR) is 83.6 cm³/mol. The van der Waals surface area contributed by atoms with Crippen LogP contribution in [0.5, 0.6) is 0 Å². The molecule has 3 rings (SSSR count). The first-order valence-electron chi connectivity index (χ1n) is 6.51. The van der Waals surface area contributed by atoms with Gasteiger partial charge in [0.05, 0.1) is 0 Å². The van der Waals surface area contributed by atoms with Crippen molar-refractivity contribution in [3.8, 4) is 11.7 Å². The number of amides is 1. The number of anilines is 1. The molecule has 0 saturated carbocycles. The van der Waals surface area contributed by atoms with Crippen LogP contribution in [0.15, 0.2) is 43.8 Å². The van der Waals surface area contributed by atoms with Gasteiger partial charge in [-0.2, -0.15) is 0 Å². The van der Waals surface area contributed by atoms with E-state index in [2.05, 4.69) is 31.4 Å². The van der Waals surface area contributed by atoms with Gasteiger partial charge in [0, 0.05) is 5.56 Å². The van der Waals surface area contributed by atoms with E-state index in [1.165, 1.54) is 0 Å². The van der Waals surface area contributed by atoms with E-state index in [1.54, 1.807) is 12.1 Å². The molecule has 0 spiro atoms. The Labute approximate surface area is 134 Å². The fourth-order valence-electron chi connectivity index (χ4n) is 1.95. The fourth-order valence-corrected chi connectivity index (χ4v) is 2.25. The van der Waals surface area contributed by atoms with Crippen LogP contribution >= 0.6 is 15.9 Å². The molecule has 0 fully saturated rings. The Morgan fingerprint density at radius 2 is 1.95 bits per heavy atom. The first-order valence-corrected chi connectivity index (χ1v) is 7.30. The summed E-state index contributed by atoms with van der Waals surface area (Å²) in [5.74, 6) is 0.325. The van der Waals surface area contributed by atoms with Crippen LogP contribution in [0.4, 0.5) is 6.01 Å². The van der Waals surface area contributed by atoms with Crippen molar-refractivity contribution in [1.29, 1.82) is 0 Å². The van der Waals surface area contributed by atoms with Crippen molar-refractivity contribution in [2.45, 2.75) is 13.8 Å². The molecular formula is C15H12BrN3O3. The van der Waals surface area contributed by atoms with Gasteiger partial charge >= 0.3 is 6.01 Å². The van der Waals surface area contributed by atoms with Crippen LogP contribution in [0, 0.1) is 13.8 Å². The van der Waals surface area contributed by atoms with Gasteiger partial charge in [0.2, 0.25) is 0 Å². The molecule has 6 nitrogen and oxygen atoms in total. The summed E-state index contributed by atoms with van der Waals surface area (Å²) >= 11 is 3.20. The van der Waals surface area contributed by atoms with Crippen LogP contribution < -0.4 is 5.32 Å². The molecule has 0 aliphatic heterocycles. The van der Waals surface area contributed by atoms with Gasteiger partial charge in [-0.3, -0.25) is 10.1 Å². The van der Waals surface area contributed by atoms with Crippen molar-refractivity contribution in [2.24, 2.45) is 0 Å². The molecule has 0 bridgehead atoms. The fraction of sp³-hybridized carbons (Fsp3) is 0.133. The molecule has 1 aromatic carbocycles. The summed E-state index contributed by atoms with van der Waals surface area (Å²) < 4.78 is 11.2. The van der Waals surface area contributed by atoms with Crippen LogP contribution in [-0.4, -0.2) is 16.1 Å². The summed E-state index contributed by atoms with van der Waals surface area (Å²) in [5, 5.41) is 10.2. The van der Waals surface area contributed by atoms with E-state index in [9.17, 15) is 4.79 Å². The van der Waals surface area contributed by atoms with Gasteiger partial charge in [0.15, 0.2) is 10.4 Å². The van der Waals surface area contributed by atoms with E-state index >= 15 is 0 Å². The third-order valence-corrected chi connectivity index (χ3v) is 3.49. The summed E-state index contributed by atoms with van der Waals surface area (Å²) in [6.07, 6.45) is 0. The molecule has 2 heterocycles. The zero-order valence-electron chi connectivity index (χ0n) is 11.9. The number of nitrogens with zero attached hydrogens (tertiary/aromatic N) is 2. The highest BCUT2D eigenvalue weighted by atomic mass is 79.9. The van der Waals surface area contributed by atoms with Gasteiger partial charge in [-0.1, -0.05) is 22.8 Å². The molecule has 22 heavy (non-hydrogen) atoms. The molecular weight excluding hydrogens is 350 g/mol. The quantitative estimate of drug-likeness (QED) is 0.763. The van der Waals surface area contributed by atoms with Crippen LogP contribution in [0.3, 0.4) is 0 Å². The molecule has 2 aromatic heterocycles. The minimum Gasteiger partial charge on any atom is -0.444 e. The van der Waals surface area contributed by atoms with E-state index in [4.69, 9.17) is 8.83 Å². The molecule has 0 aliphatic carbocycles. The molecule has 0 atom stereocenters. The second-order valence-corrected chi connectivity index (χ2v) is 5.57. The maximum Gasteiger partial charge on any atom is 0.322 e. The Balaban J connectivity index is 1.80. The van der Waals surface area contributed by atoms with Crippen LogP contribution in [0.2, 0.25) is 0 Å². The van der Waals surface area contributed by atoms with Gasteiger partial charge < -0.3 is 8.83 Å². The van der Waals surface area contributed by atoms with Crippen molar-refractivity contribution in [2.75, 3.05) is 5.32 Å². The average Bonchev–Trinajstić information content (AvgIpc) is 3.10. The van der Waals surface area contributed by atoms with Gasteiger partial charge in [-0.15, -0.1) is 5.10 Å². The Morgan fingerprint density at radius 3 is 2.68 bits per heavy atom. The molecule has 0 radical (unpaired) electrons. The third-order valence-electron chi connectivity index (χ3n) is 3.07. The Morgan fingerprint density at radius 1 is 1.14 bits per heavy atom. The van der Waals surface area contributed by atoms with Crippen LogP contribution in [0.1, 0.15) is 21.5 Å². The van der Waals surface area contributed by atoms with Crippen molar-refractivity contribution in [3.05, 3.63) is 51.7 Å². The topological polar surface area (TPSA) is 81.2 Å². The molecule has 0 aliphatic rings. The van der Waals surface area contributed by atoms with Crippen molar-refractivity contribution < 1.29 is 13.6 Å². The lowest BCUT2D eigenvalue weighted by Gasteiger charge is -2.05. The smallest absolute Gasteiger partial charge is 0.322 e. The number of aromatic nitrogens is 2. The van der Waals surface area contributed by atoms with E-state index in [-0.39, 0.29) is 17.8 Å². The number of aryl methyl sites for hydroxylation is 2. The van der Waals surface area contributed by atoms with Crippen LogP contribution in [-0.2, 0) is 0 Å². The van der Waals surface area contributed by atoms with Gasteiger partial charge in [-0.05, 0) is 53.5 Å². The SMILES string of the molecule is Cc1ccc(C)c(C(=O)Nc2nnc(-c3ccc(Br)o3)o2)c1. The normalized spacial score (nSPS) is 10.7. The van der Waals surface area contributed by atoms with Crippen molar-refractivity contribution in [3.63, 3.8) is 0 Å². The highest BCUT2D eigenvalue weighted by molar-refractivity contribution is 9.10.